The zero-order valence-corrected chi connectivity index (χ0v) is 18.5. The number of nitrogens with two attached hydrogens (primary N) is 1. The molecule has 0 aromatic heterocycles. The number of imide groups is 1. The van der Waals surface area contributed by atoms with Crippen LogP contribution >= 0.6 is 0 Å². The molecule has 28 heavy (non-hydrogen) atoms. The Morgan fingerprint density at radius 2 is 1.71 bits per heavy atom. The van der Waals surface area contributed by atoms with Gasteiger partial charge in [-0.05, 0) is 69.1 Å². The Hall–Kier alpha value is -1.77. The Morgan fingerprint density at radius 1 is 1.18 bits per heavy atom. The van der Waals surface area contributed by atoms with Gasteiger partial charge in [-0.3, -0.25) is 4.79 Å². The highest BCUT2D eigenvalue weighted by atomic mass is 32.2. The number of amides is 2. The topological polar surface area (TPSA) is 105 Å². The van der Waals surface area contributed by atoms with E-state index in [1.54, 1.807) is 58.2 Å². The summed E-state index contributed by atoms with van der Waals surface area (Å²) in [5, 5.41) is 0. The third kappa shape index (κ3) is 7.33. The Bertz CT molecular complexity index is 656. The summed E-state index contributed by atoms with van der Waals surface area (Å²) >= 11 is -1.07. The second kappa shape index (κ2) is 10.1. The molecule has 0 aliphatic carbocycles. The van der Waals surface area contributed by atoms with Crippen molar-refractivity contribution >= 4 is 23.2 Å². The summed E-state index contributed by atoms with van der Waals surface area (Å²) in [6, 6.07) is 5.40. The molecule has 8 heteroatoms. The van der Waals surface area contributed by atoms with Gasteiger partial charge in [-0.1, -0.05) is 13.8 Å². The van der Waals surface area contributed by atoms with Gasteiger partial charge in [0.25, 0.3) is 0 Å². The lowest BCUT2D eigenvalue weighted by atomic mass is 10.0. The lowest BCUT2D eigenvalue weighted by Crippen LogP contribution is -2.55. The fourth-order valence-corrected chi connectivity index (χ4v) is 2.78. The Labute approximate surface area is 170 Å². The van der Waals surface area contributed by atoms with Crippen molar-refractivity contribution in [3.63, 3.8) is 0 Å². The lowest BCUT2D eigenvalue weighted by molar-refractivity contribution is -0.135. The molecule has 0 bridgehead atoms. The normalized spacial score (nSPS) is 14.9. The van der Waals surface area contributed by atoms with Crippen molar-refractivity contribution in [1.29, 1.82) is 0 Å². The van der Waals surface area contributed by atoms with E-state index in [1.807, 2.05) is 13.8 Å². The molecule has 0 heterocycles. The molecule has 0 aliphatic rings. The van der Waals surface area contributed by atoms with Crippen molar-refractivity contribution in [2.24, 2.45) is 11.7 Å². The molecule has 0 aliphatic heterocycles. The van der Waals surface area contributed by atoms with Gasteiger partial charge >= 0.3 is 6.09 Å². The zero-order chi connectivity index (χ0) is 21.6. The van der Waals surface area contributed by atoms with E-state index in [0.717, 1.165) is 4.90 Å². The SMILES string of the molecule is CC(C)[C@H](N)C(=O)N(C(=O)OC(C)(C)C)C(C)COc1ccc([S+](C)[O-])cc1. The van der Waals surface area contributed by atoms with Crippen LogP contribution in [0.1, 0.15) is 41.5 Å². The van der Waals surface area contributed by atoms with Crippen molar-refractivity contribution in [2.45, 2.75) is 64.1 Å². The smallest absolute Gasteiger partial charge is 0.417 e. The van der Waals surface area contributed by atoms with Crippen molar-refractivity contribution in [1.82, 2.24) is 4.90 Å². The number of ether oxygens (including phenoxy) is 2. The molecule has 1 rings (SSSR count). The van der Waals surface area contributed by atoms with Gasteiger partial charge in [0, 0.05) is 0 Å². The molecular formula is C20H32N2O5S. The number of carbonyl (C=O) groups excluding carboxylic acids is 2. The van der Waals surface area contributed by atoms with Crippen molar-refractivity contribution in [3.05, 3.63) is 24.3 Å². The molecule has 0 saturated carbocycles. The summed E-state index contributed by atoms with van der Waals surface area (Å²) in [6.07, 6.45) is 0.849. The minimum absolute atomic E-state index is 0.0738. The standard InChI is InChI=1S/C20H32N2O5S/c1-13(2)17(21)18(23)22(19(24)27-20(4,5)6)14(3)12-26-15-8-10-16(11-9-15)28(7)25/h8-11,13-14,17H,12,21H2,1-7H3/t14?,17-,28?/m0/s1. The maximum absolute atomic E-state index is 12.8. The van der Waals surface area contributed by atoms with Gasteiger partial charge < -0.3 is 19.8 Å². The summed E-state index contributed by atoms with van der Waals surface area (Å²) in [5.41, 5.74) is 5.24. The first-order chi connectivity index (χ1) is 12.8. The minimum Gasteiger partial charge on any atom is -0.612 e. The van der Waals surface area contributed by atoms with Crippen LogP contribution in [0.2, 0.25) is 0 Å². The van der Waals surface area contributed by atoms with E-state index in [9.17, 15) is 14.1 Å². The van der Waals surface area contributed by atoms with Gasteiger partial charge in [-0.2, -0.15) is 0 Å². The molecule has 1 aromatic rings. The molecule has 0 radical (unpaired) electrons. The van der Waals surface area contributed by atoms with Gasteiger partial charge in [-0.25, -0.2) is 9.69 Å². The van der Waals surface area contributed by atoms with Gasteiger partial charge in [0.2, 0.25) is 5.91 Å². The third-order valence-electron chi connectivity index (χ3n) is 3.92. The van der Waals surface area contributed by atoms with Gasteiger partial charge in [0.05, 0.1) is 12.1 Å². The number of rotatable bonds is 7. The number of hydrogen-bond acceptors (Lipinski definition) is 6. The van der Waals surface area contributed by atoms with Gasteiger partial charge in [0.1, 0.15) is 24.2 Å². The molecule has 0 spiro atoms. The highest BCUT2D eigenvalue weighted by molar-refractivity contribution is 7.90. The van der Waals surface area contributed by atoms with Crippen LogP contribution in [-0.4, -0.2) is 52.0 Å². The first kappa shape index (κ1) is 24.3. The van der Waals surface area contributed by atoms with Crippen LogP contribution in [0.3, 0.4) is 0 Å². The fourth-order valence-electron chi connectivity index (χ4n) is 2.26. The molecule has 1 aromatic carbocycles. The number of benzene rings is 1. The molecule has 0 fully saturated rings. The van der Waals surface area contributed by atoms with E-state index >= 15 is 0 Å². The van der Waals surface area contributed by atoms with Gasteiger partial charge in [-0.15, -0.1) is 0 Å². The van der Waals surface area contributed by atoms with E-state index in [4.69, 9.17) is 15.2 Å². The number of hydrogen-bond donors (Lipinski definition) is 1. The maximum Gasteiger partial charge on any atom is 0.417 e. The average molecular weight is 413 g/mol. The highest BCUT2D eigenvalue weighted by Crippen LogP contribution is 2.18. The Balaban J connectivity index is 2.92. The summed E-state index contributed by atoms with van der Waals surface area (Å²) in [5.74, 6) is -0.0871. The quantitative estimate of drug-likeness (QED) is 0.690. The molecule has 2 unspecified atom stereocenters. The van der Waals surface area contributed by atoms with E-state index in [1.165, 1.54) is 0 Å². The van der Waals surface area contributed by atoms with E-state index in [-0.39, 0.29) is 12.5 Å². The molecule has 3 atom stereocenters. The second-order valence-electron chi connectivity index (χ2n) is 8.04. The summed E-state index contributed by atoms with van der Waals surface area (Å²) in [6.45, 7) is 10.6. The fraction of sp³-hybridized carbons (Fsp3) is 0.600. The van der Waals surface area contributed by atoms with E-state index < -0.39 is 40.9 Å². The predicted molar refractivity (Wildman–Crippen MR) is 110 cm³/mol. The van der Waals surface area contributed by atoms with Crippen molar-refractivity contribution in [2.75, 3.05) is 12.9 Å². The van der Waals surface area contributed by atoms with E-state index in [2.05, 4.69) is 0 Å². The Morgan fingerprint density at radius 3 is 2.14 bits per heavy atom. The summed E-state index contributed by atoms with van der Waals surface area (Å²) in [4.78, 5) is 27.2. The van der Waals surface area contributed by atoms with Crippen molar-refractivity contribution < 1.29 is 23.6 Å². The predicted octanol–water partition coefficient (Wildman–Crippen LogP) is 2.94. The minimum atomic E-state index is -1.07. The average Bonchev–Trinajstić information content (AvgIpc) is 2.57. The van der Waals surface area contributed by atoms with Crippen LogP contribution < -0.4 is 10.5 Å². The van der Waals surface area contributed by atoms with Gasteiger partial charge in [0.15, 0.2) is 4.90 Å². The monoisotopic (exact) mass is 412 g/mol. The van der Waals surface area contributed by atoms with Crippen LogP contribution in [0.15, 0.2) is 29.2 Å². The lowest BCUT2D eigenvalue weighted by Gasteiger charge is -2.32. The zero-order valence-electron chi connectivity index (χ0n) is 17.7. The highest BCUT2D eigenvalue weighted by Gasteiger charge is 2.35. The van der Waals surface area contributed by atoms with Crippen LogP contribution in [0.25, 0.3) is 0 Å². The molecule has 158 valence electrons. The van der Waals surface area contributed by atoms with Crippen molar-refractivity contribution in [3.8, 4) is 5.75 Å². The third-order valence-corrected chi connectivity index (χ3v) is 4.85. The number of nitrogens with zero attached hydrogens (tertiary/aromatic N) is 1. The molecule has 2 amide bonds. The van der Waals surface area contributed by atoms with Crippen LogP contribution in [0, 0.1) is 5.92 Å². The first-order valence-corrected chi connectivity index (χ1v) is 10.8. The van der Waals surface area contributed by atoms with Crippen LogP contribution in [0.5, 0.6) is 5.75 Å². The molecular weight excluding hydrogens is 380 g/mol. The summed E-state index contributed by atoms with van der Waals surface area (Å²) < 4.78 is 22.6. The largest absolute Gasteiger partial charge is 0.612 e. The number of carbonyl (C=O) groups is 2. The van der Waals surface area contributed by atoms with Crippen LogP contribution in [-0.2, 0) is 20.7 Å². The summed E-state index contributed by atoms with van der Waals surface area (Å²) in [7, 11) is 0. The molecule has 2 N–H and O–H groups in total. The van der Waals surface area contributed by atoms with Crippen LogP contribution in [0.4, 0.5) is 4.79 Å². The first-order valence-electron chi connectivity index (χ1n) is 9.21. The Kier molecular flexibility index (Phi) is 8.78. The molecule has 7 nitrogen and oxygen atoms in total. The van der Waals surface area contributed by atoms with E-state index in [0.29, 0.717) is 10.6 Å². The second-order valence-corrected chi connectivity index (χ2v) is 9.42. The molecule has 0 saturated heterocycles. The maximum atomic E-state index is 12.8.